The molecule has 0 radical (unpaired) electrons. The second-order valence-electron chi connectivity index (χ2n) is 5.96. The number of ether oxygens (including phenoxy) is 1. The van der Waals surface area contributed by atoms with E-state index >= 15 is 0 Å². The zero-order valence-electron chi connectivity index (χ0n) is 13.8. The molecular weight excluding hydrogens is 324 g/mol. The summed E-state index contributed by atoms with van der Waals surface area (Å²) >= 11 is 6.26. The van der Waals surface area contributed by atoms with Crippen molar-refractivity contribution < 1.29 is 9.53 Å². The van der Waals surface area contributed by atoms with Gasteiger partial charge in [0.2, 0.25) is 5.88 Å². The summed E-state index contributed by atoms with van der Waals surface area (Å²) in [5.41, 5.74) is 1.75. The minimum Gasteiger partial charge on any atom is -0.438 e. The molecule has 1 aromatic heterocycles. The van der Waals surface area contributed by atoms with Crippen molar-refractivity contribution in [2.75, 3.05) is 13.1 Å². The van der Waals surface area contributed by atoms with Gasteiger partial charge in [0, 0.05) is 19.3 Å². The van der Waals surface area contributed by atoms with Crippen LogP contribution in [0, 0.1) is 0 Å². The Labute approximate surface area is 147 Å². The molecule has 0 atom stereocenters. The Morgan fingerprint density at radius 3 is 2.54 bits per heavy atom. The van der Waals surface area contributed by atoms with Crippen LogP contribution in [0.1, 0.15) is 42.1 Å². The lowest BCUT2D eigenvalue weighted by atomic mass is 10.1. The minimum absolute atomic E-state index is 0.0112. The summed E-state index contributed by atoms with van der Waals surface area (Å²) in [4.78, 5) is 18.6. The van der Waals surface area contributed by atoms with Crippen LogP contribution in [0.5, 0.6) is 11.6 Å². The van der Waals surface area contributed by atoms with E-state index in [2.05, 4.69) is 11.9 Å². The smallest absolute Gasteiger partial charge is 0.255 e. The summed E-state index contributed by atoms with van der Waals surface area (Å²) in [5, 5.41) is 0.345. The fraction of sp³-hybridized carbons (Fsp3) is 0.368. The molecule has 126 valence electrons. The third-order valence-corrected chi connectivity index (χ3v) is 4.51. The summed E-state index contributed by atoms with van der Waals surface area (Å²) in [6.45, 7) is 3.71. The van der Waals surface area contributed by atoms with Gasteiger partial charge in [0.25, 0.3) is 5.91 Å². The van der Waals surface area contributed by atoms with Crippen molar-refractivity contribution >= 4 is 17.5 Å². The highest BCUT2D eigenvalue weighted by molar-refractivity contribution is 6.32. The second-order valence-corrected chi connectivity index (χ2v) is 6.37. The Morgan fingerprint density at radius 2 is 1.92 bits per heavy atom. The van der Waals surface area contributed by atoms with E-state index in [9.17, 15) is 4.79 Å². The summed E-state index contributed by atoms with van der Waals surface area (Å²) in [5.74, 6) is 0.982. The number of carbonyl (C=O) groups excluding carboxylic acids is 1. The number of aromatic nitrogens is 1. The molecule has 0 aliphatic carbocycles. The van der Waals surface area contributed by atoms with Gasteiger partial charge >= 0.3 is 0 Å². The van der Waals surface area contributed by atoms with Crippen LogP contribution in [-0.2, 0) is 6.42 Å². The maximum atomic E-state index is 12.5. The average Bonchev–Trinajstić information content (AvgIpc) is 2.64. The van der Waals surface area contributed by atoms with Crippen LogP contribution in [0.15, 0.2) is 36.5 Å². The molecule has 1 amide bonds. The number of likely N-dealkylation sites (tertiary alicyclic amines) is 1. The molecule has 2 heterocycles. The van der Waals surface area contributed by atoms with E-state index in [-0.39, 0.29) is 5.91 Å². The lowest BCUT2D eigenvalue weighted by Crippen LogP contribution is -2.35. The maximum Gasteiger partial charge on any atom is 0.255 e. The molecule has 0 bridgehead atoms. The predicted octanol–water partition coefficient (Wildman–Crippen LogP) is 4.72. The lowest BCUT2D eigenvalue weighted by Gasteiger charge is -2.26. The first kappa shape index (κ1) is 16.8. The number of piperidine rings is 1. The maximum absolute atomic E-state index is 12.5. The highest BCUT2D eigenvalue weighted by Gasteiger charge is 2.19. The van der Waals surface area contributed by atoms with E-state index in [1.807, 2.05) is 29.2 Å². The highest BCUT2D eigenvalue weighted by Crippen LogP contribution is 2.28. The van der Waals surface area contributed by atoms with Crippen molar-refractivity contribution in [2.24, 2.45) is 0 Å². The molecule has 3 rings (SSSR count). The zero-order chi connectivity index (χ0) is 16.9. The van der Waals surface area contributed by atoms with Gasteiger partial charge in [-0.25, -0.2) is 4.98 Å². The topological polar surface area (TPSA) is 42.4 Å². The van der Waals surface area contributed by atoms with Gasteiger partial charge in [-0.1, -0.05) is 30.7 Å². The molecule has 4 nitrogen and oxygen atoms in total. The van der Waals surface area contributed by atoms with Gasteiger partial charge in [-0.2, -0.15) is 0 Å². The fourth-order valence-electron chi connectivity index (χ4n) is 2.80. The normalized spacial score (nSPS) is 14.5. The zero-order valence-corrected chi connectivity index (χ0v) is 14.6. The van der Waals surface area contributed by atoms with Crippen molar-refractivity contribution in [3.8, 4) is 11.6 Å². The average molecular weight is 345 g/mol. The predicted molar refractivity (Wildman–Crippen MR) is 94.9 cm³/mol. The molecule has 0 N–H and O–H groups in total. The lowest BCUT2D eigenvalue weighted by molar-refractivity contribution is 0.0724. The fourth-order valence-corrected chi connectivity index (χ4v) is 3.01. The second kappa shape index (κ2) is 7.67. The number of halogens is 1. The van der Waals surface area contributed by atoms with Crippen molar-refractivity contribution in [2.45, 2.75) is 32.6 Å². The van der Waals surface area contributed by atoms with Gasteiger partial charge in [0.15, 0.2) is 0 Å². The number of pyridine rings is 1. The van der Waals surface area contributed by atoms with E-state index in [1.165, 1.54) is 12.0 Å². The van der Waals surface area contributed by atoms with E-state index in [4.69, 9.17) is 16.3 Å². The van der Waals surface area contributed by atoms with Crippen LogP contribution >= 0.6 is 11.6 Å². The number of benzene rings is 1. The molecule has 1 saturated heterocycles. The first-order valence-corrected chi connectivity index (χ1v) is 8.77. The Kier molecular flexibility index (Phi) is 5.36. The van der Waals surface area contributed by atoms with Crippen molar-refractivity contribution in [1.29, 1.82) is 0 Å². The van der Waals surface area contributed by atoms with Crippen LogP contribution in [0.2, 0.25) is 5.02 Å². The van der Waals surface area contributed by atoms with Crippen LogP contribution in [-0.4, -0.2) is 28.9 Å². The number of nitrogens with zero attached hydrogens (tertiary/aromatic N) is 2. The number of hydrogen-bond donors (Lipinski definition) is 0. The summed E-state index contributed by atoms with van der Waals surface area (Å²) in [6.07, 6.45) is 5.82. The quantitative estimate of drug-likeness (QED) is 0.806. The van der Waals surface area contributed by atoms with Gasteiger partial charge in [0.05, 0.1) is 5.56 Å². The SMILES string of the molecule is CCc1ccc(Oc2ncc(C(=O)N3CCCCC3)cc2Cl)cc1. The van der Waals surface area contributed by atoms with E-state index in [0.717, 1.165) is 32.4 Å². The third-order valence-electron chi connectivity index (χ3n) is 4.24. The van der Waals surface area contributed by atoms with Crippen LogP contribution in [0.3, 0.4) is 0 Å². The molecule has 0 spiro atoms. The molecule has 1 aromatic carbocycles. The molecule has 0 saturated carbocycles. The number of hydrogen-bond acceptors (Lipinski definition) is 3. The van der Waals surface area contributed by atoms with E-state index in [1.54, 1.807) is 12.3 Å². The summed E-state index contributed by atoms with van der Waals surface area (Å²) < 4.78 is 5.72. The molecule has 1 fully saturated rings. The Balaban J connectivity index is 1.72. The van der Waals surface area contributed by atoms with Gasteiger partial charge in [-0.3, -0.25) is 4.79 Å². The van der Waals surface area contributed by atoms with E-state index in [0.29, 0.717) is 22.2 Å². The van der Waals surface area contributed by atoms with Gasteiger partial charge < -0.3 is 9.64 Å². The number of rotatable bonds is 4. The molecule has 24 heavy (non-hydrogen) atoms. The van der Waals surface area contributed by atoms with E-state index < -0.39 is 0 Å². The Morgan fingerprint density at radius 1 is 1.21 bits per heavy atom. The molecule has 5 heteroatoms. The Bertz CT molecular complexity index is 710. The molecular formula is C19H21ClN2O2. The summed E-state index contributed by atoms with van der Waals surface area (Å²) in [6, 6.07) is 9.45. The molecule has 0 unspecified atom stereocenters. The first-order valence-electron chi connectivity index (χ1n) is 8.39. The van der Waals surface area contributed by atoms with Crippen molar-refractivity contribution in [1.82, 2.24) is 9.88 Å². The number of carbonyl (C=O) groups is 1. The van der Waals surface area contributed by atoms with Crippen molar-refractivity contribution in [3.05, 3.63) is 52.7 Å². The summed E-state index contributed by atoms with van der Waals surface area (Å²) in [7, 11) is 0. The first-order chi connectivity index (χ1) is 11.7. The number of amides is 1. The van der Waals surface area contributed by atoms with Gasteiger partial charge in [-0.15, -0.1) is 0 Å². The molecule has 2 aromatic rings. The minimum atomic E-state index is -0.0112. The Hall–Kier alpha value is -2.07. The number of aryl methyl sites for hydroxylation is 1. The van der Waals surface area contributed by atoms with Crippen LogP contribution < -0.4 is 4.74 Å². The monoisotopic (exact) mass is 344 g/mol. The van der Waals surface area contributed by atoms with Crippen molar-refractivity contribution in [3.63, 3.8) is 0 Å². The van der Waals surface area contributed by atoms with Crippen LogP contribution in [0.4, 0.5) is 0 Å². The molecule has 1 aliphatic rings. The third kappa shape index (κ3) is 3.88. The highest BCUT2D eigenvalue weighted by atomic mass is 35.5. The van der Waals surface area contributed by atoms with Gasteiger partial charge in [0.1, 0.15) is 10.8 Å². The largest absolute Gasteiger partial charge is 0.438 e. The van der Waals surface area contributed by atoms with Gasteiger partial charge in [-0.05, 0) is 49.4 Å². The molecule has 1 aliphatic heterocycles. The van der Waals surface area contributed by atoms with Crippen LogP contribution in [0.25, 0.3) is 0 Å². The standard InChI is InChI=1S/C19H21ClN2O2/c1-2-14-6-8-16(9-7-14)24-18-17(20)12-15(13-21-18)19(23)22-10-4-3-5-11-22/h6-9,12-13H,2-5,10-11H2,1H3.